The van der Waals surface area contributed by atoms with E-state index in [9.17, 15) is 8.42 Å². The fourth-order valence-electron chi connectivity index (χ4n) is 2.71. The van der Waals surface area contributed by atoms with E-state index in [0.29, 0.717) is 6.54 Å². The van der Waals surface area contributed by atoms with Crippen molar-refractivity contribution in [3.8, 4) is 0 Å². The molecular weight excluding hydrogens is 236 g/mol. The summed E-state index contributed by atoms with van der Waals surface area (Å²) in [6.07, 6.45) is 6.76. The van der Waals surface area contributed by atoms with Gasteiger partial charge in [-0.15, -0.1) is 0 Å². The molecule has 0 spiro atoms. The number of hydrogen-bond acceptors (Lipinski definition) is 3. The lowest BCUT2D eigenvalue weighted by Gasteiger charge is -2.30. The van der Waals surface area contributed by atoms with Crippen LogP contribution < -0.4 is 5.73 Å². The minimum atomic E-state index is -3.03. The first kappa shape index (κ1) is 13.3. The lowest BCUT2D eigenvalue weighted by atomic mass is 10.0. The van der Waals surface area contributed by atoms with Gasteiger partial charge in [0.2, 0.25) is 10.0 Å². The zero-order chi connectivity index (χ0) is 12.5. The van der Waals surface area contributed by atoms with Crippen LogP contribution in [0, 0.1) is 0 Å². The molecule has 1 saturated heterocycles. The van der Waals surface area contributed by atoms with Crippen molar-refractivity contribution in [3.05, 3.63) is 0 Å². The molecule has 1 heterocycles. The predicted octanol–water partition coefficient (Wildman–Crippen LogP) is 1.46. The van der Waals surface area contributed by atoms with Crippen molar-refractivity contribution in [3.63, 3.8) is 0 Å². The highest BCUT2D eigenvalue weighted by Crippen LogP contribution is 2.34. The van der Waals surface area contributed by atoms with Gasteiger partial charge < -0.3 is 5.73 Å². The quantitative estimate of drug-likeness (QED) is 0.832. The van der Waals surface area contributed by atoms with E-state index < -0.39 is 10.0 Å². The average molecular weight is 260 g/mol. The van der Waals surface area contributed by atoms with Crippen LogP contribution in [0.15, 0.2) is 0 Å². The molecule has 0 amide bonds. The second-order valence-electron chi connectivity index (χ2n) is 5.57. The van der Waals surface area contributed by atoms with Crippen LogP contribution in [-0.2, 0) is 10.0 Å². The second kappa shape index (κ2) is 5.24. The van der Waals surface area contributed by atoms with Crippen LogP contribution >= 0.6 is 0 Å². The number of sulfonamides is 1. The smallest absolute Gasteiger partial charge is 0.217 e. The van der Waals surface area contributed by atoms with Gasteiger partial charge in [0.1, 0.15) is 0 Å². The van der Waals surface area contributed by atoms with Crippen molar-refractivity contribution in [1.82, 2.24) is 4.31 Å². The Kier molecular flexibility index (Phi) is 4.10. The molecule has 1 aliphatic carbocycles. The van der Waals surface area contributed by atoms with Gasteiger partial charge in [0.15, 0.2) is 0 Å². The van der Waals surface area contributed by atoms with Crippen molar-refractivity contribution in [2.45, 2.75) is 69.2 Å². The molecule has 2 atom stereocenters. The number of nitrogens with two attached hydrogens (primary N) is 1. The van der Waals surface area contributed by atoms with Crippen LogP contribution in [0.1, 0.15) is 51.9 Å². The molecular formula is C12H24N2O2S. The molecule has 0 bridgehead atoms. The van der Waals surface area contributed by atoms with Crippen molar-refractivity contribution in [2.24, 2.45) is 5.73 Å². The first-order valence-corrected chi connectivity index (χ1v) is 8.28. The maximum absolute atomic E-state index is 12.4. The summed E-state index contributed by atoms with van der Waals surface area (Å²) in [5.74, 6) is 0. The summed E-state index contributed by atoms with van der Waals surface area (Å²) in [4.78, 5) is 0. The number of nitrogens with zero attached hydrogens (tertiary/aromatic N) is 1. The van der Waals surface area contributed by atoms with E-state index in [4.69, 9.17) is 5.73 Å². The summed E-state index contributed by atoms with van der Waals surface area (Å²) < 4.78 is 26.5. The van der Waals surface area contributed by atoms with Gasteiger partial charge in [-0.2, -0.15) is 4.31 Å². The van der Waals surface area contributed by atoms with Gasteiger partial charge in [-0.3, -0.25) is 0 Å². The highest BCUT2D eigenvalue weighted by molar-refractivity contribution is 7.90. The fraction of sp³-hybridized carbons (Fsp3) is 1.00. The average Bonchev–Trinajstić information content (AvgIpc) is 3.03. The summed E-state index contributed by atoms with van der Waals surface area (Å²) >= 11 is 0. The van der Waals surface area contributed by atoms with E-state index in [1.165, 1.54) is 0 Å². The fourth-order valence-corrected chi connectivity index (χ4v) is 4.81. The highest BCUT2D eigenvalue weighted by Gasteiger charge is 2.42. The summed E-state index contributed by atoms with van der Waals surface area (Å²) in [6, 6.07) is 0.220. The number of hydrogen-bond donors (Lipinski definition) is 1. The van der Waals surface area contributed by atoms with Crippen molar-refractivity contribution < 1.29 is 8.42 Å². The molecule has 0 aromatic rings. The van der Waals surface area contributed by atoms with Crippen LogP contribution in [0.2, 0.25) is 0 Å². The Morgan fingerprint density at radius 3 is 2.53 bits per heavy atom. The lowest BCUT2D eigenvalue weighted by Crippen LogP contribution is -2.44. The minimum Gasteiger partial charge on any atom is -0.328 e. The third-order valence-electron chi connectivity index (χ3n) is 3.74. The first-order chi connectivity index (χ1) is 8.01. The standard InChI is InChI=1S/C12H24N2O2S/c1-10(13)9-11-5-3-2-4-8-14(11)17(15,16)12-6-7-12/h10-12H,2-9,13H2,1H3. The third-order valence-corrected chi connectivity index (χ3v) is 6.19. The normalized spacial score (nSPS) is 29.9. The first-order valence-electron chi connectivity index (χ1n) is 6.78. The second-order valence-corrected chi connectivity index (χ2v) is 7.74. The van der Waals surface area contributed by atoms with E-state index in [0.717, 1.165) is 44.9 Å². The largest absolute Gasteiger partial charge is 0.328 e. The van der Waals surface area contributed by atoms with Gasteiger partial charge >= 0.3 is 0 Å². The molecule has 100 valence electrons. The van der Waals surface area contributed by atoms with E-state index in [1.807, 2.05) is 6.92 Å². The minimum absolute atomic E-state index is 0.0787. The Morgan fingerprint density at radius 2 is 1.94 bits per heavy atom. The van der Waals surface area contributed by atoms with Crippen molar-refractivity contribution in [2.75, 3.05) is 6.54 Å². The van der Waals surface area contributed by atoms with Crippen LogP contribution in [0.25, 0.3) is 0 Å². The summed E-state index contributed by atoms with van der Waals surface area (Å²) in [5.41, 5.74) is 5.85. The number of rotatable bonds is 4. The Hall–Kier alpha value is -0.130. The SMILES string of the molecule is CC(N)CC1CCCCCN1S(=O)(=O)C1CC1. The third kappa shape index (κ3) is 3.20. The van der Waals surface area contributed by atoms with Gasteiger partial charge in [0.25, 0.3) is 0 Å². The molecule has 2 rings (SSSR count). The van der Waals surface area contributed by atoms with Gasteiger partial charge in [-0.05, 0) is 39.0 Å². The maximum atomic E-state index is 12.4. The Balaban J connectivity index is 2.13. The monoisotopic (exact) mass is 260 g/mol. The summed E-state index contributed by atoms with van der Waals surface area (Å²) in [6.45, 7) is 2.67. The molecule has 0 aromatic carbocycles. The molecule has 0 radical (unpaired) electrons. The van der Waals surface area contributed by atoms with Gasteiger partial charge in [-0.1, -0.05) is 12.8 Å². The zero-order valence-electron chi connectivity index (χ0n) is 10.6. The van der Waals surface area contributed by atoms with Crippen LogP contribution in [0.5, 0.6) is 0 Å². The molecule has 2 aliphatic rings. The Labute approximate surface area is 105 Å². The molecule has 1 aliphatic heterocycles. The van der Waals surface area contributed by atoms with Gasteiger partial charge in [-0.25, -0.2) is 8.42 Å². The lowest BCUT2D eigenvalue weighted by molar-refractivity contribution is 0.295. The van der Waals surface area contributed by atoms with Crippen LogP contribution in [0.4, 0.5) is 0 Å². The topological polar surface area (TPSA) is 63.4 Å². The van der Waals surface area contributed by atoms with Crippen LogP contribution in [-0.4, -0.2) is 36.6 Å². The Morgan fingerprint density at radius 1 is 1.24 bits per heavy atom. The summed E-state index contributed by atoms with van der Waals surface area (Å²) in [5, 5.41) is -0.0869. The highest BCUT2D eigenvalue weighted by atomic mass is 32.2. The molecule has 2 fully saturated rings. The molecule has 4 nitrogen and oxygen atoms in total. The maximum Gasteiger partial charge on any atom is 0.217 e. The van der Waals surface area contributed by atoms with Crippen LogP contribution in [0.3, 0.4) is 0 Å². The molecule has 0 aromatic heterocycles. The molecule has 1 saturated carbocycles. The van der Waals surface area contributed by atoms with Gasteiger partial charge in [0.05, 0.1) is 5.25 Å². The molecule has 2 N–H and O–H groups in total. The molecule has 17 heavy (non-hydrogen) atoms. The van der Waals surface area contributed by atoms with E-state index in [-0.39, 0.29) is 17.3 Å². The van der Waals surface area contributed by atoms with Crippen molar-refractivity contribution >= 4 is 10.0 Å². The van der Waals surface area contributed by atoms with E-state index in [1.54, 1.807) is 4.31 Å². The molecule has 2 unspecified atom stereocenters. The zero-order valence-corrected chi connectivity index (χ0v) is 11.5. The summed E-state index contributed by atoms with van der Waals surface area (Å²) in [7, 11) is -3.03. The van der Waals surface area contributed by atoms with Gasteiger partial charge in [0, 0.05) is 18.6 Å². The van der Waals surface area contributed by atoms with E-state index in [2.05, 4.69) is 0 Å². The van der Waals surface area contributed by atoms with E-state index >= 15 is 0 Å². The van der Waals surface area contributed by atoms with Crippen molar-refractivity contribution in [1.29, 1.82) is 0 Å². The Bertz CT molecular complexity index is 350. The molecule has 5 heteroatoms. The predicted molar refractivity (Wildman–Crippen MR) is 69.2 cm³/mol.